The van der Waals surface area contributed by atoms with Crippen LogP contribution in [-0.2, 0) is 11.3 Å². The van der Waals surface area contributed by atoms with Gasteiger partial charge in [-0.25, -0.2) is 9.67 Å². The van der Waals surface area contributed by atoms with Gasteiger partial charge in [-0.3, -0.25) is 14.5 Å². The molecule has 0 spiro atoms. The van der Waals surface area contributed by atoms with E-state index in [1.54, 1.807) is 11.0 Å². The Labute approximate surface area is 184 Å². The Morgan fingerprint density at radius 2 is 1.84 bits per heavy atom. The van der Waals surface area contributed by atoms with Gasteiger partial charge in [0.15, 0.2) is 5.13 Å². The third-order valence-electron chi connectivity index (χ3n) is 4.89. The lowest BCUT2D eigenvalue weighted by atomic mass is 10.1. The van der Waals surface area contributed by atoms with Gasteiger partial charge in [-0.15, -0.1) is 11.3 Å². The topological polar surface area (TPSA) is 68.1 Å². The first-order chi connectivity index (χ1) is 14.9. The van der Waals surface area contributed by atoms with Crippen molar-refractivity contribution in [3.63, 3.8) is 0 Å². The van der Waals surface area contributed by atoms with Crippen LogP contribution in [0.25, 0.3) is 11.3 Å². The zero-order chi connectivity index (χ0) is 22.0. The molecule has 7 heteroatoms. The monoisotopic (exact) mass is 430 g/mol. The SMILES string of the molecule is CC(=O)N(c1nc(Cn2nc(-c3ccccc3)ccc2=O)cs1)c1ccc(C)cc1C. The molecule has 2 heterocycles. The van der Waals surface area contributed by atoms with Crippen molar-refractivity contribution in [3.8, 4) is 11.3 Å². The van der Waals surface area contributed by atoms with Gasteiger partial charge < -0.3 is 0 Å². The Kier molecular flexibility index (Phi) is 5.77. The van der Waals surface area contributed by atoms with Crippen LogP contribution in [-0.4, -0.2) is 20.7 Å². The van der Waals surface area contributed by atoms with Crippen molar-refractivity contribution in [3.05, 3.63) is 93.2 Å². The van der Waals surface area contributed by atoms with Gasteiger partial charge in [-0.05, 0) is 31.5 Å². The molecule has 156 valence electrons. The first-order valence-electron chi connectivity index (χ1n) is 9.88. The van der Waals surface area contributed by atoms with Gasteiger partial charge >= 0.3 is 0 Å². The van der Waals surface area contributed by atoms with E-state index >= 15 is 0 Å². The molecule has 0 atom stereocenters. The quantitative estimate of drug-likeness (QED) is 0.460. The van der Waals surface area contributed by atoms with E-state index in [4.69, 9.17) is 0 Å². The molecule has 0 bridgehead atoms. The van der Waals surface area contributed by atoms with Crippen LogP contribution in [0.5, 0.6) is 0 Å². The Morgan fingerprint density at radius 3 is 2.55 bits per heavy atom. The fourth-order valence-electron chi connectivity index (χ4n) is 3.41. The number of aromatic nitrogens is 3. The molecule has 1 amide bonds. The second kappa shape index (κ2) is 8.65. The number of amides is 1. The first-order valence-corrected chi connectivity index (χ1v) is 10.8. The highest BCUT2D eigenvalue weighted by atomic mass is 32.1. The van der Waals surface area contributed by atoms with Crippen LogP contribution in [0.2, 0.25) is 0 Å². The number of carbonyl (C=O) groups is 1. The second-order valence-corrected chi connectivity index (χ2v) is 8.18. The number of nitrogens with zero attached hydrogens (tertiary/aromatic N) is 4. The summed E-state index contributed by atoms with van der Waals surface area (Å²) in [6.07, 6.45) is 0. The van der Waals surface area contributed by atoms with Crippen LogP contribution in [0.1, 0.15) is 23.7 Å². The Balaban J connectivity index is 1.64. The zero-order valence-corrected chi connectivity index (χ0v) is 18.4. The molecule has 0 unspecified atom stereocenters. The van der Waals surface area contributed by atoms with E-state index in [-0.39, 0.29) is 18.0 Å². The molecule has 6 nitrogen and oxygen atoms in total. The molecule has 0 N–H and O–H groups in total. The first kappa shape index (κ1) is 20.7. The maximum atomic E-state index is 12.4. The number of anilines is 2. The minimum Gasteiger partial charge on any atom is -0.274 e. The van der Waals surface area contributed by atoms with Crippen molar-refractivity contribution in [2.75, 3.05) is 4.90 Å². The fourth-order valence-corrected chi connectivity index (χ4v) is 4.28. The van der Waals surface area contributed by atoms with E-state index in [2.05, 4.69) is 10.1 Å². The smallest absolute Gasteiger partial charge is 0.267 e. The van der Waals surface area contributed by atoms with Gasteiger partial charge in [0.1, 0.15) is 0 Å². The lowest BCUT2D eigenvalue weighted by Gasteiger charge is -2.20. The molecule has 4 rings (SSSR count). The summed E-state index contributed by atoms with van der Waals surface area (Å²) in [5, 5.41) is 6.93. The molecule has 0 aliphatic heterocycles. The largest absolute Gasteiger partial charge is 0.274 e. The molecule has 0 fully saturated rings. The minimum absolute atomic E-state index is 0.116. The fraction of sp³-hybridized carbons (Fsp3) is 0.167. The normalized spacial score (nSPS) is 10.8. The molecule has 0 radical (unpaired) electrons. The molecule has 4 aromatic rings. The predicted octanol–water partition coefficient (Wildman–Crippen LogP) is 4.72. The molecule has 2 aromatic carbocycles. The minimum atomic E-state index is -0.202. The summed E-state index contributed by atoms with van der Waals surface area (Å²) in [4.78, 5) is 31.0. The van der Waals surface area contributed by atoms with Crippen LogP contribution in [0.4, 0.5) is 10.8 Å². The lowest BCUT2D eigenvalue weighted by Crippen LogP contribution is -2.24. The molecule has 0 aliphatic rings. The van der Waals surface area contributed by atoms with Gasteiger partial charge in [0.25, 0.3) is 5.56 Å². The Bertz CT molecular complexity index is 1290. The molecular weight excluding hydrogens is 408 g/mol. The highest BCUT2D eigenvalue weighted by Crippen LogP contribution is 2.31. The predicted molar refractivity (Wildman–Crippen MR) is 124 cm³/mol. The summed E-state index contributed by atoms with van der Waals surface area (Å²) in [6.45, 7) is 5.75. The number of carbonyl (C=O) groups excluding carboxylic acids is 1. The third-order valence-corrected chi connectivity index (χ3v) is 5.76. The van der Waals surface area contributed by atoms with E-state index < -0.39 is 0 Å². The maximum absolute atomic E-state index is 12.4. The van der Waals surface area contributed by atoms with Gasteiger partial charge in [0, 0.05) is 23.9 Å². The van der Waals surface area contributed by atoms with E-state index in [0.29, 0.717) is 10.8 Å². The zero-order valence-electron chi connectivity index (χ0n) is 17.6. The van der Waals surface area contributed by atoms with Crippen molar-refractivity contribution in [1.29, 1.82) is 0 Å². The van der Waals surface area contributed by atoms with E-state index in [9.17, 15) is 9.59 Å². The van der Waals surface area contributed by atoms with Crippen molar-refractivity contribution < 1.29 is 4.79 Å². The number of hydrogen-bond acceptors (Lipinski definition) is 5. The van der Waals surface area contributed by atoms with E-state index in [0.717, 1.165) is 28.1 Å². The summed E-state index contributed by atoms with van der Waals surface area (Å²) < 4.78 is 1.40. The summed E-state index contributed by atoms with van der Waals surface area (Å²) in [7, 11) is 0. The third kappa shape index (κ3) is 4.46. The van der Waals surface area contributed by atoms with Crippen LogP contribution in [0.3, 0.4) is 0 Å². The average molecular weight is 431 g/mol. The van der Waals surface area contributed by atoms with Gasteiger partial charge in [-0.1, -0.05) is 48.0 Å². The summed E-state index contributed by atoms with van der Waals surface area (Å²) >= 11 is 1.37. The number of aryl methyl sites for hydroxylation is 2. The Morgan fingerprint density at radius 1 is 1.06 bits per heavy atom. The van der Waals surface area contributed by atoms with Gasteiger partial charge in [0.05, 0.1) is 23.6 Å². The van der Waals surface area contributed by atoms with E-state index in [1.165, 1.54) is 29.0 Å². The van der Waals surface area contributed by atoms with Crippen molar-refractivity contribution >= 4 is 28.1 Å². The van der Waals surface area contributed by atoms with E-state index in [1.807, 2.05) is 67.8 Å². The maximum Gasteiger partial charge on any atom is 0.267 e. The number of thiazole rings is 1. The van der Waals surface area contributed by atoms with Crippen molar-refractivity contribution in [1.82, 2.24) is 14.8 Å². The van der Waals surface area contributed by atoms with Crippen LogP contribution in [0, 0.1) is 13.8 Å². The average Bonchev–Trinajstić information content (AvgIpc) is 3.20. The molecule has 0 saturated heterocycles. The summed E-state index contributed by atoms with van der Waals surface area (Å²) in [6, 6.07) is 18.9. The highest BCUT2D eigenvalue weighted by molar-refractivity contribution is 7.14. The lowest BCUT2D eigenvalue weighted by molar-refractivity contribution is -0.115. The van der Waals surface area contributed by atoms with Crippen molar-refractivity contribution in [2.24, 2.45) is 0 Å². The van der Waals surface area contributed by atoms with Crippen LogP contribution >= 0.6 is 11.3 Å². The molecule has 2 aromatic heterocycles. The molecule has 31 heavy (non-hydrogen) atoms. The summed E-state index contributed by atoms with van der Waals surface area (Å²) in [5.74, 6) is -0.116. The molecule has 0 saturated carbocycles. The van der Waals surface area contributed by atoms with Crippen LogP contribution < -0.4 is 10.5 Å². The number of benzene rings is 2. The number of hydrogen-bond donors (Lipinski definition) is 0. The van der Waals surface area contributed by atoms with Crippen molar-refractivity contribution in [2.45, 2.75) is 27.3 Å². The molecular formula is C24H22N4O2S. The number of rotatable bonds is 5. The Hall–Kier alpha value is -3.58. The highest BCUT2D eigenvalue weighted by Gasteiger charge is 2.20. The van der Waals surface area contributed by atoms with Gasteiger partial charge in [-0.2, -0.15) is 5.10 Å². The second-order valence-electron chi connectivity index (χ2n) is 7.35. The summed E-state index contributed by atoms with van der Waals surface area (Å²) in [5.41, 5.74) is 5.07. The molecule has 0 aliphatic carbocycles. The standard InChI is InChI=1S/C24H22N4O2S/c1-16-9-11-22(17(2)13-16)28(18(3)29)24-25-20(15-31-24)14-27-23(30)12-10-21(26-27)19-7-5-4-6-8-19/h4-13,15H,14H2,1-3H3. The van der Waals surface area contributed by atoms with Gasteiger partial charge in [0.2, 0.25) is 5.91 Å². The van der Waals surface area contributed by atoms with Crippen LogP contribution in [0.15, 0.2) is 70.8 Å².